The van der Waals surface area contributed by atoms with Crippen LogP contribution in [0.25, 0.3) is 97.4 Å². The topological polar surface area (TPSA) is 29.5 Å². The maximum absolute atomic E-state index is 6.76. The molecule has 1 aliphatic rings. The fraction of sp³-hybridized carbons (Fsp3) is 0.0526. The number of thiophene rings is 1. The molecule has 0 amide bonds. The molecule has 0 spiro atoms. The SMILES string of the molecule is CC1(C)c2ccccc2-c2ccc(N(c3ccc(-c4ccccc4)cc3)c3ccc4c(c3)oc3cc5c(cc34)oc3cc(-c4ccc6c(c4)sc4ccccc46)ccc35)cc21. The Morgan fingerprint density at radius 3 is 1.70 bits per heavy atom. The van der Waals surface area contributed by atoms with Gasteiger partial charge in [0, 0.05) is 70.3 Å². The predicted octanol–water partition coefficient (Wildman–Crippen LogP) is 17.0. The van der Waals surface area contributed by atoms with Gasteiger partial charge in [-0.2, -0.15) is 0 Å². The van der Waals surface area contributed by atoms with E-state index in [1.54, 1.807) is 0 Å². The van der Waals surface area contributed by atoms with Gasteiger partial charge in [0.05, 0.1) is 0 Å². The van der Waals surface area contributed by atoms with Crippen molar-refractivity contribution < 1.29 is 8.83 Å². The first-order valence-corrected chi connectivity index (χ1v) is 21.7. The molecule has 0 atom stereocenters. The lowest BCUT2D eigenvalue weighted by Crippen LogP contribution is -2.16. The molecule has 3 aromatic heterocycles. The average Bonchev–Trinajstić information content (AvgIpc) is 4.03. The van der Waals surface area contributed by atoms with Crippen molar-refractivity contribution in [1.82, 2.24) is 0 Å². The van der Waals surface area contributed by atoms with Crippen molar-refractivity contribution in [2.24, 2.45) is 0 Å². The Balaban J connectivity index is 0.907. The van der Waals surface area contributed by atoms with Crippen LogP contribution in [0, 0.1) is 0 Å². The average molecular weight is 800 g/mol. The minimum atomic E-state index is -0.121. The molecule has 4 heteroatoms. The molecule has 288 valence electrons. The number of rotatable bonds is 5. The Morgan fingerprint density at radius 1 is 0.361 bits per heavy atom. The first kappa shape index (κ1) is 34.5. The summed E-state index contributed by atoms with van der Waals surface area (Å²) >= 11 is 1.85. The summed E-state index contributed by atoms with van der Waals surface area (Å²) in [7, 11) is 0. The number of nitrogens with zero attached hydrogens (tertiary/aromatic N) is 1. The van der Waals surface area contributed by atoms with Crippen LogP contribution in [0.15, 0.2) is 197 Å². The van der Waals surface area contributed by atoms with Crippen molar-refractivity contribution in [1.29, 1.82) is 0 Å². The summed E-state index contributed by atoms with van der Waals surface area (Å²) in [6, 6.07) is 68.1. The molecule has 0 N–H and O–H groups in total. The van der Waals surface area contributed by atoms with Crippen LogP contribution in [0.2, 0.25) is 0 Å². The summed E-state index contributed by atoms with van der Waals surface area (Å²) in [6.07, 6.45) is 0. The Labute approximate surface area is 356 Å². The second-order valence-corrected chi connectivity index (χ2v) is 18.0. The highest BCUT2D eigenvalue weighted by Crippen LogP contribution is 2.51. The van der Waals surface area contributed by atoms with Crippen molar-refractivity contribution in [3.05, 3.63) is 199 Å². The molecular weight excluding hydrogens is 763 g/mol. The van der Waals surface area contributed by atoms with Gasteiger partial charge in [-0.3, -0.25) is 0 Å². The van der Waals surface area contributed by atoms with E-state index in [1.165, 1.54) is 59.1 Å². The zero-order valence-corrected chi connectivity index (χ0v) is 34.4. The van der Waals surface area contributed by atoms with E-state index in [2.05, 4.69) is 207 Å². The Kier molecular flexibility index (Phi) is 7.23. The molecule has 12 aromatic rings. The van der Waals surface area contributed by atoms with Gasteiger partial charge in [-0.1, -0.05) is 123 Å². The molecule has 9 aromatic carbocycles. The molecule has 61 heavy (non-hydrogen) atoms. The number of furan rings is 2. The molecule has 0 radical (unpaired) electrons. The van der Waals surface area contributed by atoms with Crippen LogP contribution in [0.3, 0.4) is 0 Å². The van der Waals surface area contributed by atoms with E-state index in [0.717, 1.165) is 66.5 Å². The van der Waals surface area contributed by atoms with Crippen molar-refractivity contribution >= 4 is 92.4 Å². The predicted molar refractivity (Wildman–Crippen MR) is 257 cm³/mol. The summed E-state index contributed by atoms with van der Waals surface area (Å²) in [5.41, 5.74) is 16.5. The van der Waals surface area contributed by atoms with Crippen molar-refractivity contribution in [3.8, 4) is 33.4 Å². The first-order chi connectivity index (χ1) is 29.9. The lowest BCUT2D eigenvalue weighted by atomic mass is 9.82. The highest BCUT2D eigenvalue weighted by atomic mass is 32.1. The monoisotopic (exact) mass is 799 g/mol. The number of hydrogen-bond donors (Lipinski definition) is 0. The van der Waals surface area contributed by atoms with Gasteiger partial charge in [-0.25, -0.2) is 0 Å². The van der Waals surface area contributed by atoms with Crippen molar-refractivity contribution in [2.45, 2.75) is 19.3 Å². The number of fused-ring (bicyclic) bond motifs is 12. The first-order valence-electron chi connectivity index (χ1n) is 20.9. The number of anilines is 3. The van der Waals surface area contributed by atoms with E-state index in [9.17, 15) is 0 Å². The van der Waals surface area contributed by atoms with E-state index >= 15 is 0 Å². The van der Waals surface area contributed by atoms with Crippen LogP contribution in [-0.2, 0) is 5.41 Å². The fourth-order valence-electron chi connectivity index (χ4n) is 9.97. The maximum atomic E-state index is 6.76. The summed E-state index contributed by atoms with van der Waals surface area (Å²) in [6.45, 7) is 4.68. The molecule has 13 rings (SSSR count). The molecule has 0 bridgehead atoms. The maximum Gasteiger partial charge on any atom is 0.137 e. The lowest BCUT2D eigenvalue weighted by molar-refractivity contribution is 0.660. The lowest BCUT2D eigenvalue weighted by Gasteiger charge is -2.28. The molecule has 0 fully saturated rings. The second kappa shape index (κ2) is 12.8. The Bertz CT molecular complexity index is 3740. The summed E-state index contributed by atoms with van der Waals surface area (Å²) in [4.78, 5) is 2.36. The standard InChI is InChI=1S/C57H37NO2S/c1-57(2)49-14-8-6-12-41(49)42-26-22-39(30-50(42)57)58(38-20-16-35(17-21-38)34-10-4-3-5-11-34)40-23-27-44-48-33-53-47(32-54(48)60-52(44)31-40)43-24-18-36(28-51(43)59-53)37-19-25-46-45-13-7-9-15-55(45)61-56(46)29-37/h3-33H,1-2H3. The third-order valence-electron chi connectivity index (χ3n) is 13.1. The van der Waals surface area contributed by atoms with Gasteiger partial charge in [0.1, 0.15) is 22.3 Å². The van der Waals surface area contributed by atoms with Crippen molar-refractivity contribution in [2.75, 3.05) is 4.90 Å². The molecule has 0 aliphatic heterocycles. The van der Waals surface area contributed by atoms with Crippen LogP contribution >= 0.6 is 11.3 Å². The smallest absolute Gasteiger partial charge is 0.137 e. The van der Waals surface area contributed by atoms with E-state index in [0.29, 0.717) is 0 Å². The van der Waals surface area contributed by atoms with Gasteiger partial charge in [0.25, 0.3) is 0 Å². The number of benzene rings is 9. The highest BCUT2D eigenvalue weighted by Gasteiger charge is 2.35. The molecule has 1 aliphatic carbocycles. The molecule has 0 saturated carbocycles. The minimum Gasteiger partial charge on any atom is -0.456 e. The summed E-state index contributed by atoms with van der Waals surface area (Å²) in [5, 5.41) is 6.85. The summed E-state index contributed by atoms with van der Waals surface area (Å²) in [5.74, 6) is 0. The van der Waals surface area contributed by atoms with Crippen LogP contribution < -0.4 is 4.90 Å². The zero-order valence-electron chi connectivity index (χ0n) is 33.6. The Morgan fingerprint density at radius 2 is 0.902 bits per heavy atom. The molecule has 3 heterocycles. The number of hydrogen-bond acceptors (Lipinski definition) is 4. The zero-order chi connectivity index (χ0) is 40.4. The van der Waals surface area contributed by atoms with Gasteiger partial charge in [-0.05, 0) is 117 Å². The normalized spacial score (nSPS) is 13.2. The van der Waals surface area contributed by atoms with Gasteiger partial charge in [0.15, 0.2) is 0 Å². The van der Waals surface area contributed by atoms with E-state index < -0.39 is 0 Å². The highest BCUT2D eigenvalue weighted by molar-refractivity contribution is 7.25. The quantitative estimate of drug-likeness (QED) is 0.174. The third-order valence-corrected chi connectivity index (χ3v) is 14.2. The molecule has 3 nitrogen and oxygen atoms in total. The minimum absolute atomic E-state index is 0.121. The molecule has 0 saturated heterocycles. The Hall–Kier alpha value is -7.40. The fourth-order valence-corrected chi connectivity index (χ4v) is 11.1. The van der Waals surface area contributed by atoms with Crippen LogP contribution in [0.1, 0.15) is 25.0 Å². The van der Waals surface area contributed by atoms with Gasteiger partial charge >= 0.3 is 0 Å². The molecular formula is C57H37NO2S. The van der Waals surface area contributed by atoms with Gasteiger partial charge in [0.2, 0.25) is 0 Å². The van der Waals surface area contributed by atoms with Gasteiger partial charge < -0.3 is 13.7 Å². The van der Waals surface area contributed by atoms with Crippen LogP contribution in [-0.4, -0.2) is 0 Å². The molecule has 0 unspecified atom stereocenters. The van der Waals surface area contributed by atoms with Crippen molar-refractivity contribution in [3.63, 3.8) is 0 Å². The summed E-state index contributed by atoms with van der Waals surface area (Å²) < 4.78 is 16.0. The second-order valence-electron chi connectivity index (χ2n) is 16.9. The van der Waals surface area contributed by atoms with E-state index in [-0.39, 0.29) is 5.41 Å². The van der Waals surface area contributed by atoms with E-state index in [1.807, 2.05) is 11.3 Å². The van der Waals surface area contributed by atoms with E-state index in [4.69, 9.17) is 8.83 Å². The van der Waals surface area contributed by atoms with Crippen LogP contribution in [0.5, 0.6) is 0 Å². The van der Waals surface area contributed by atoms with Crippen LogP contribution in [0.4, 0.5) is 17.1 Å². The largest absolute Gasteiger partial charge is 0.456 e. The third kappa shape index (κ3) is 5.22. The van der Waals surface area contributed by atoms with Gasteiger partial charge in [-0.15, -0.1) is 11.3 Å².